The van der Waals surface area contributed by atoms with Gasteiger partial charge in [0.25, 0.3) is 0 Å². The molecule has 182 valence electrons. The number of hydrogen-bond donors (Lipinski definition) is 1. The van der Waals surface area contributed by atoms with E-state index in [1.807, 2.05) is 50.4 Å². The second kappa shape index (κ2) is 9.53. The molecule has 0 aliphatic carbocycles. The van der Waals surface area contributed by atoms with Gasteiger partial charge >= 0.3 is 0 Å². The van der Waals surface area contributed by atoms with Crippen LogP contribution in [0.1, 0.15) is 35.7 Å². The van der Waals surface area contributed by atoms with E-state index in [2.05, 4.69) is 25.2 Å². The summed E-state index contributed by atoms with van der Waals surface area (Å²) >= 11 is 0. The summed E-state index contributed by atoms with van der Waals surface area (Å²) in [5.41, 5.74) is 6.77. The molecule has 5 heterocycles. The van der Waals surface area contributed by atoms with Crippen molar-refractivity contribution in [3.63, 3.8) is 0 Å². The Hall–Kier alpha value is -3.07. The number of aromatic nitrogens is 5. The van der Waals surface area contributed by atoms with Crippen LogP contribution in [0.15, 0.2) is 42.6 Å². The zero-order valence-corrected chi connectivity index (χ0v) is 20.7. The molecule has 0 radical (unpaired) electrons. The van der Waals surface area contributed by atoms with E-state index < -0.39 is 0 Å². The van der Waals surface area contributed by atoms with Gasteiger partial charge in [-0.3, -0.25) is 4.90 Å². The van der Waals surface area contributed by atoms with Crippen LogP contribution in [0.25, 0.3) is 28.2 Å². The minimum Gasteiger partial charge on any atom is -0.507 e. The standard InChI is InChI=1S/C26H28N6O2.ClH/c1-16-11-24(30-32-13-17(2)27-26(16)32)18-3-4-21(25(33)12-18)23-6-5-22(28-29-23)19-14-31(15-19)20-7-9-34-10-8-20;/h3-6,11-13,19-20,33H,7-10,14-15H2,1-2H3;1H. The van der Waals surface area contributed by atoms with Gasteiger partial charge in [-0.2, -0.15) is 15.3 Å². The summed E-state index contributed by atoms with van der Waals surface area (Å²) in [6.45, 7) is 7.78. The third-order valence-electron chi connectivity index (χ3n) is 7.02. The van der Waals surface area contributed by atoms with Crippen LogP contribution < -0.4 is 0 Å². The van der Waals surface area contributed by atoms with Crippen molar-refractivity contribution in [2.45, 2.75) is 38.6 Å². The zero-order valence-electron chi connectivity index (χ0n) is 19.9. The number of aromatic hydroxyl groups is 1. The Morgan fingerprint density at radius 1 is 0.971 bits per heavy atom. The average Bonchev–Trinajstić information content (AvgIpc) is 3.20. The number of phenols is 1. The van der Waals surface area contributed by atoms with Crippen LogP contribution in [-0.2, 0) is 4.74 Å². The molecule has 9 heteroatoms. The first-order chi connectivity index (χ1) is 16.5. The molecular formula is C26H29ClN6O2. The highest BCUT2D eigenvalue weighted by molar-refractivity contribution is 5.85. The SMILES string of the molecule is Cc1cn2nc(-c3ccc(-c4ccc(C5CN(C6CCOCC6)C5)nn4)c(O)c3)cc(C)c2n1.Cl. The lowest BCUT2D eigenvalue weighted by Crippen LogP contribution is -2.52. The highest BCUT2D eigenvalue weighted by Crippen LogP contribution is 2.34. The van der Waals surface area contributed by atoms with Gasteiger partial charge in [0, 0.05) is 49.4 Å². The van der Waals surface area contributed by atoms with Crippen molar-refractivity contribution in [1.29, 1.82) is 0 Å². The topological polar surface area (TPSA) is 88.7 Å². The molecule has 0 spiro atoms. The molecule has 1 aromatic carbocycles. The third kappa shape index (κ3) is 4.49. The van der Waals surface area contributed by atoms with E-state index in [1.54, 1.807) is 10.6 Å². The Bertz CT molecular complexity index is 1340. The first-order valence-corrected chi connectivity index (χ1v) is 11.9. The quantitative estimate of drug-likeness (QED) is 0.457. The van der Waals surface area contributed by atoms with Gasteiger partial charge in [-0.25, -0.2) is 9.50 Å². The molecule has 2 saturated heterocycles. The van der Waals surface area contributed by atoms with Gasteiger partial charge < -0.3 is 9.84 Å². The van der Waals surface area contributed by atoms with Crippen LogP contribution >= 0.6 is 12.4 Å². The number of likely N-dealkylation sites (tertiary alicyclic amines) is 1. The third-order valence-corrected chi connectivity index (χ3v) is 7.02. The summed E-state index contributed by atoms with van der Waals surface area (Å²) in [4.78, 5) is 7.04. The van der Waals surface area contributed by atoms with Crippen LogP contribution in [-0.4, -0.2) is 67.1 Å². The monoisotopic (exact) mass is 492 g/mol. The average molecular weight is 493 g/mol. The minimum atomic E-state index is 0. The summed E-state index contributed by atoms with van der Waals surface area (Å²) in [6.07, 6.45) is 4.15. The summed E-state index contributed by atoms with van der Waals surface area (Å²) < 4.78 is 7.26. The minimum absolute atomic E-state index is 0. The molecule has 3 aromatic heterocycles. The largest absolute Gasteiger partial charge is 0.507 e. The van der Waals surface area contributed by atoms with Crippen molar-refractivity contribution in [3.05, 3.63) is 59.5 Å². The predicted molar refractivity (Wildman–Crippen MR) is 136 cm³/mol. The molecule has 1 N–H and O–H groups in total. The van der Waals surface area contributed by atoms with E-state index in [0.29, 0.717) is 23.2 Å². The molecule has 2 fully saturated rings. The van der Waals surface area contributed by atoms with E-state index in [1.165, 1.54) is 0 Å². The fraction of sp³-hybridized carbons (Fsp3) is 0.385. The number of benzene rings is 1. The fourth-order valence-electron chi connectivity index (χ4n) is 5.05. The lowest BCUT2D eigenvalue weighted by molar-refractivity contribution is 0.000892. The molecule has 35 heavy (non-hydrogen) atoms. The van der Waals surface area contributed by atoms with Gasteiger partial charge in [-0.15, -0.1) is 12.4 Å². The maximum absolute atomic E-state index is 10.8. The summed E-state index contributed by atoms with van der Waals surface area (Å²) in [6, 6.07) is 12.2. The van der Waals surface area contributed by atoms with Crippen LogP contribution in [0.4, 0.5) is 0 Å². The van der Waals surface area contributed by atoms with Crippen molar-refractivity contribution in [1.82, 2.24) is 29.7 Å². The maximum Gasteiger partial charge on any atom is 0.156 e. The number of ether oxygens (including phenoxy) is 1. The Morgan fingerprint density at radius 2 is 1.77 bits per heavy atom. The molecule has 4 aromatic rings. The second-order valence-electron chi connectivity index (χ2n) is 9.43. The number of imidazole rings is 1. The predicted octanol–water partition coefficient (Wildman–Crippen LogP) is 4.18. The smallest absolute Gasteiger partial charge is 0.156 e. The Balaban J connectivity index is 0.00000253. The van der Waals surface area contributed by atoms with Crippen LogP contribution in [0.5, 0.6) is 5.75 Å². The second-order valence-corrected chi connectivity index (χ2v) is 9.43. The van der Waals surface area contributed by atoms with Gasteiger partial charge in [0.05, 0.1) is 29.0 Å². The van der Waals surface area contributed by atoms with E-state index >= 15 is 0 Å². The Labute approximate surface area is 210 Å². The molecule has 2 aliphatic heterocycles. The number of hydrogen-bond acceptors (Lipinski definition) is 7. The van der Waals surface area contributed by atoms with Crippen LogP contribution in [0, 0.1) is 13.8 Å². The summed E-state index contributed by atoms with van der Waals surface area (Å²) in [7, 11) is 0. The molecule has 6 rings (SSSR count). The van der Waals surface area contributed by atoms with Crippen molar-refractivity contribution in [2.24, 2.45) is 0 Å². The molecule has 2 aliphatic rings. The normalized spacial score (nSPS) is 17.3. The number of fused-ring (bicyclic) bond motifs is 1. The van der Waals surface area contributed by atoms with E-state index in [9.17, 15) is 5.11 Å². The zero-order chi connectivity index (χ0) is 23.2. The molecule has 0 amide bonds. The van der Waals surface area contributed by atoms with E-state index in [0.717, 1.165) is 73.0 Å². The number of nitrogens with zero attached hydrogens (tertiary/aromatic N) is 6. The summed E-state index contributed by atoms with van der Waals surface area (Å²) in [5, 5.41) is 24.4. The van der Waals surface area contributed by atoms with Gasteiger partial charge in [-0.1, -0.05) is 6.07 Å². The molecule has 8 nitrogen and oxygen atoms in total. The number of rotatable bonds is 4. The van der Waals surface area contributed by atoms with Gasteiger partial charge in [0.2, 0.25) is 0 Å². The molecular weight excluding hydrogens is 464 g/mol. The molecule has 0 bridgehead atoms. The van der Waals surface area contributed by atoms with Crippen molar-refractivity contribution >= 4 is 18.1 Å². The van der Waals surface area contributed by atoms with Gasteiger partial charge in [0.1, 0.15) is 5.75 Å². The summed E-state index contributed by atoms with van der Waals surface area (Å²) in [5.74, 6) is 0.590. The van der Waals surface area contributed by atoms with Crippen molar-refractivity contribution < 1.29 is 9.84 Å². The fourth-order valence-corrected chi connectivity index (χ4v) is 5.05. The molecule has 0 saturated carbocycles. The van der Waals surface area contributed by atoms with Crippen LogP contribution in [0.3, 0.4) is 0 Å². The first-order valence-electron chi connectivity index (χ1n) is 11.9. The molecule has 0 unspecified atom stereocenters. The number of halogens is 1. The maximum atomic E-state index is 10.8. The lowest BCUT2D eigenvalue weighted by atomic mass is 9.91. The van der Waals surface area contributed by atoms with E-state index in [-0.39, 0.29) is 18.2 Å². The van der Waals surface area contributed by atoms with Crippen molar-refractivity contribution in [2.75, 3.05) is 26.3 Å². The van der Waals surface area contributed by atoms with Crippen LogP contribution in [0.2, 0.25) is 0 Å². The Morgan fingerprint density at radius 3 is 2.49 bits per heavy atom. The van der Waals surface area contributed by atoms with E-state index in [4.69, 9.17) is 4.74 Å². The molecule has 0 atom stereocenters. The lowest BCUT2D eigenvalue weighted by Gasteiger charge is -2.45. The van der Waals surface area contributed by atoms with Crippen molar-refractivity contribution in [3.8, 4) is 28.3 Å². The Kier molecular flexibility index (Phi) is 6.44. The number of phenolic OH excluding ortho intramolecular Hbond substituents is 1. The number of aryl methyl sites for hydroxylation is 2. The highest BCUT2D eigenvalue weighted by atomic mass is 35.5. The highest BCUT2D eigenvalue weighted by Gasteiger charge is 2.34. The first kappa shape index (κ1) is 23.7. The van der Waals surface area contributed by atoms with Gasteiger partial charge in [-0.05, 0) is 62.6 Å². The van der Waals surface area contributed by atoms with Gasteiger partial charge in [0.15, 0.2) is 5.65 Å².